The van der Waals surface area contributed by atoms with Gasteiger partial charge < -0.3 is 10.1 Å². The van der Waals surface area contributed by atoms with Crippen molar-refractivity contribution in [3.05, 3.63) is 59.7 Å². The highest BCUT2D eigenvalue weighted by Gasteiger charge is 2.40. The minimum atomic E-state index is -0.637. The molecule has 0 fully saturated rings. The Bertz CT molecular complexity index is 839. The summed E-state index contributed by atoms with van der Waals surface area (Å²) in [6.45, 7) is 7.38. The van der Waals surface area contributed by atoms with E-state index in [2.05, 4.69) is 5.32 Å². The Morgan fingerprint density at radius 2 is 1.73 bits per heavy atom. The third-order valence-corrected chi connectivity index (χ3v) is 4.27. The van der Waals surface area contributed by atoms with E-state index in [1.54, 1.807) is 0 Å². The molecule has 1 heterocycles. The van der Waals surface area contributed by atoms with Crippen LogP contribution >= 0.6 is 0 Å². The largest absolute Gasteiger partial charge is 0.443 e. The lowest BCUT2D eigenvalue weighted by Crippen LogP contribution is -2.47. The Hall–Kier alpha value is -2.82. The molecule has 0 aromatic heterocycles. The first kappa shape index (κ1) is 18.0. The van der Waals surface area contributed by atoms with Crippen LogP contribution in [0, 0.1) is 6.92 Å². The van der Waals surface area contributed by atoms with E-state index in [4.69, 9.17) is 4.74 Å². The third-order valence-electron chi connectivity index (χ3n) is 4.27. The molecular weight excluding hydrogens is 328 g/mol. The monoisotopic (exact) mass is 352 g/mol. The average Bonchev–Trinajstić information content (AvgIpc) is 2.95. The van der Waals surface area contributed by atoms with E-state index in [9.17, 15) is 9.59 Å². The Kier molecular flexibility index (Phi) is 4.72. The second-order valence-electron chi connectivity index (χ2n) is 7.50. The minimum absolute atomic E-state index is 0.221. The van der Waals surface area contributed by atoms with E-state index >= 15 is 0 Å². The predicted octanol–water partition coefficient (Wildman–Crippen LogP) is 4.30. The number of hydrogen-bond acceptors (Lipinski definition) is 3. The highest BCUT2D eigenvalue weighted by atomic mass is 16.6. The molecule has 0 saturated heterocycles. The Morgan fingerprint density at radius 3 is 2.42 bits per heavy atom. The van der Waals surface area contributed by atoms with Gasteiger partial charge in [0.05, 0.1) is 5.69 Å². The predicted molar refractivity (Wildman–Crippen MR) is 102 cm³/mol. The number of para-hydroxylation sites is 2. The smallest absolute Gasteiger partial charge is 0.415 e. The van der Waals surface area contributed by atoms with Crippen molar-refractivity contribution in [1.82, 2.24) is 0 Å². The Morgan fingerprint density at radius 1 is 1.08 bits per heavy atom. The third kappa shape index (κ3) is 3.72. The number of nitrogens with one attached hydrogen (secondary N) is 1. The van der Waals surface area contributed by atoms with Gasteiger partial charge in [0.2, 0.25) is 5.91 Å². The summed E-state index contributed by atoms with van der Waals surface area (Å²) in [4.78, 5) is 27.2. The van der Waals surface area contributed by atoms with Gasteiger partial charge in [0.1, 0.15) is 11.6 Å². The summed E-state index contributed by atoms with van der Waals surface area (Å²) < 4.78 is 5.54. The second kappa shape index (κ2) is 6.83. The topological polar surface area (TPSA) is 58.6 Å². The molecule has 1 aliphatic rings. The van der Waals surface area contributed by atoms with E-state index in [-0.39, 0.29) is 5.91 Å². The number of carbonyl (C=O) groups is 2. The normalized spacial score (nSPS) is 16.2. The van der Waals surface area contributed by atoms with Crippen molar-refractivity contribution in [2.24, 2.45) is 0 Å². The summed E-state index contributed by atoms with van der Waals surface area (Å²) in [7, 11) is 0. The number of aryl methyl sites for hydroxylation is 1. The maximum absolute atomic E-state index is 13.0. The van der Waals surface area contributed by atoms with Crippen molar-refractivity contribution >= 4 is 23.4 Å². The first-order valence-corrected chi connectivity index (χ1v) is 8.73. The van der Waals surface area contributed by atoms with Crippen LogP contribution in [0.3, 0.4) is 0 Å². The first-order chi connectivity index (χ1) is 12.3. The molecule has 0 saturated carbocycles. The van der Waals surface area contributed by atoms with Gasteiger partial charge in [0, 0.05) is 12.1 Å². The molecule has 2 aromatic carbocycles. The molecule has 5 heteroatoms. The van der Waals surface area contributed by atoms with Crippen LogP contribution in [0.4, 0.5) is 16.2 Å². The average molecular weight is 352 g/mol. The van der Waals surface area contributed by atoms with Crippen molar-refractivity contribution in [2.45, 2.75) is 45.8 Å². The second-order valence-corrected chi connectivity index (χ2v) is 7.50. The van der Waals surface area contributed by atoms with Crippen LogP contribution in [-0.2, 0) is 16.0 Å². The minimum Gasteiger partial charge on any atom is -0.443 e. The van der Waals surface area contributed by atoms with Crippen LogP contribution < -0.4 is 10.2 Å². The summed E-state index contributed by atoms with van der Waals surface area (Å²) >= 11 is 0. The Labute approximate surface area is 154 Å². The number of rotatable bonds is 2. The van der Waals surface area contributed by atoms with Crippen LogP contribution in [0.15, 0.2) is 48.5 Å². The number of carbonyl (C=O) groups excluding carboxylic acids is 2. The van der Waals surface area contributed by atoms with Crippen LogP contribution in [0.2, 0.25) is 0 Å². The molecule has 26 heavy (non-hydrogen) atoms. The summed E-state index contributed by atoms with van der Waals surface area (Å²) in [5.41, 5.74) is 2.78. The van der Waals surface area contributed by atoms with Gasteiger partial charge in [-0.05, 0) is 51.0 Å². The number of benzene rings is 2. The molecule has 1 atom stereocenters. The molecule has 5 nitrogen and oxygen atoms in total. The van der Waals surface area contributed by atoms with Crippen LogP contribution in [0.5, 0.6) is 0 Å². The van der Waals surface area contributed by atoms with E-state index in [1.165, 1.54) is 4.90 Å². The molecular formula is C21H24N2O3. The van der Waals surface area contributed by atoms with Crippen molar-refractivity contribution in [1.29, 1.82) is 0 Å². The summed E-state index contributed by atoms with van der Waals surface area (Å²) in [6, 6.07) is 14.5. The van der Waals surface area contributed by atoms with Gasteiger partial charge >= 0.3 is 6.09 Å². The lowest BCUT2D eigenvalue weighted by Gasteiger charge is -2.28. The van der Waals surface area contributed by atoms with Gasteiger partial charge in [-0.2, -0.15) is 0 Å². The number of fused-ring (bicyclic) bond motifs is 1. The molecule has 2 amide bonds. The zero-order valence-corrected chi connectivity index (χ0v) is 15.6. The quantitative estimate of drug-likeness (QED) is 0.877. The highest BCUT2D eigenvalue weighted by Crippen LogP contribution is 2.34. The van der Waals surface area contributed by atoms with Gasteiger partial charge in [-0.3, -0.25) is 9.69 Å². The molecule has 1 N–H and O–H groups in total. The Balaban J connectivity index is 1.89. The van der Waals surface area contributed by atoms with Crippen molar-refractivity contribution in [3.63, 3.8) is 0 Å². The number of ether oxygens (including phenoxy) is 1. The number of anilines is 2. The van der Waals surface area contributed by atoms with Gasteiger partial charge in [-0.1, -0.05) is 36.4 Å². The summed E-state index contributed by atoms with van der Waals surface area (Å²) in [5, 5.41) is 2.95. The zero-order valence-electron chi connectivity index (χ0n) is 15.6. The van der Waals surface area contributed by atoms with Gasteiger partial charge in [0.25, 0.3) is 0 Å². The lowest BCUT2D eigenvalue weighted by atomic mass is 10.1. The fourth-order valence-electron chi connectivity index (χ4n) is 3.06. The van der Waals surface area contributed by atoms with Crippen LogP contribution in [0.25, 0.3) is 0 Å². The molecule has 3 rings (SSSR count). The molecule has 1 aliphatic heterocycles. The fraction of sp³-hybridized carbons (Fsp3) is 0.333. The maximum Gasteiger partial charge on any atom is 0.415 e. The van der Waals surface area contributed by atoms with Crippen molar-refractivity contribution in [3.8, 4) is 0 Å². The molecule has 0 spiro atoms. The van der Waals surface area contributed by atoms with E-state index in [0.29, 0.717) is 6.42 Å². The molecule has 0 radical (unpaired) electrons. The van der Waals surface area contributed by atoms with Crippen molar-refractivity contribution in [2.75, 3.05) is 10.2 Å². The first-order valence-electron chi connectivity index (χ1n) is 8.73. The van der Waals surface area contributed by atoms with E-state index < -0.39 is 17.7 Å². The van der Waals surface area contributed by atoms with E-state index in [1.807, 2.05) is 76.2 Å². The summed E-state index contributed by atoms with van der Waals surface area (Å²) in [5.74, 6) is -0.221. The number of amides is 2. The fourth-order valence-corrected chi connectivity index (χ4v) is 3.06. The molecule has 0 unspecified atom stereocenters. The number of nitrogens with zero attached hydrogens (tertiary/aromatic N) is 1. The van der Waals surface area contributed by atoms with Crippen LogP contribution in [-0.4, -0.2) is 23.6 Å². The maximum atomic E-state index is 13.0. The molecule has 0 bridgehead atoms. The molecule has 136 valence electrons. The van der Waals surface area contributed by atoms with Gasteiger partial charge in [0.15, 0.2) is 0 Å². The molecule has 0 aliphatic carbocycles. The summed E-state index contributed by atoms with van der Waals surface area (Å²) in [6.07, 6.45) is -0.0416. The van der Waals surface area contributed by atoms with Gasteiger partial charge in [-0.15, -0.1) is 0 Å². The van der Waals surface area contributed by atoms with Crippen LogP contribution in [0.1, 0.15) is 31.9 Å². The van der Waals surface area contributed by atoms with Gasteiger partial charge in [-0.25, -0.2) is 4.79 Å². The zero-order chi connectivity index (χ0) is 18.9. The molecule has 2 aromatic rings. The lowest BCUT2D eigenvalue weighted by molar-refractivity contribution is -0.117. The van der Waals surface area contributed by atoms with Crippen molar-refractivity contribution < 1.29 is 14.3 Å². The standard InChI is InChI=1S/C21H24N2O3/c1-14-9-5-7-11-16(14)22-19(24)18-13-15-10-6-8-12-17(15)23(18)20(25)26-21(2,3)4/h5-12,18H,13H2,1-4H3,(H,22,24)/t18-/m0/s1. The van der Waals surface area contributed by atoms with E-state index in [0.717, 1.165) is 22.5 Å². The SMILES string of the molecule is Cc1ccccc1NC(=O)[C@@H]1Cc2ccccc2N1C(=O)OC(C)(C)C. The highest BCUT2D eigenvalue weighted by molar-refractivity contribution is 6.05. The number of hydrogen-bond donors (Lipinski definition) is 1.